The van der Waals surface area contributed by atoms with Crippen molar-refractivity contribution < 1.29 is 14.7 Å². The second-order valence-corrected chi connectivity index (χ2v) is 5.94. The first-order valence-corrected chi connectivity index (χ1v) is 7.61. The maximum Gasteiger partial charge on any atom is 0.307 e. The molecule has 4 heteroatoms. The minimum Gasteiger partial charge on any atom is -0.481 e. The van der Waals surface area contributed by atoms with Gasteiger partial charge < -0.3 is 10.4 Å². The Morgan fingerprint density at radius 2 is 1.86 bits per heavy atom. The van der Waals surface area contributed by atoms with Crippen molar-refractivity contribution in [3.63, 3.8) is 0 Å². The highest BCUT2D eigenvalue weighted by Gasteiger charge is 2.42. The summed E-state index contributed by atoms with van der Waals surface area (Å²) >= 11 is 0. The fraction of sp³-hybridized carbons (Fsp3) is 0.529. The minimum absolute atomic E-state index is 0.103. The first kappa shape index (κ1) is 15.5. The van der Waals surface area contributed by atoms with Crippen LogP contribution < -0.4 is 5.32 Å². The van der Waals surface area contributed by atoms with Crippen LogP contribution in [0, 0.1) is 17.8 Å². The predicted molar refractivity (Wildman–Crippen MR) is 80.6 cm³/mol. The molecule has 2 rings (SSSR count). The van der Waals surface area contributed by atoms with Gasteiger partial charge in [0.15, 0.2) is 0 Å². The average molecular weight is 289 g/mol. The van der Waals surface area contributed by atoms with E-state index in [1.54, 1.807) is 0 Å². The van der Waals surface area contributed by atoms with Crippen molar-refractivity contribution in [3.05, 3.63) is 35.9 Å². The quantitative estimate of drug-likeness (QED) is 0.875. The Kier molecular flexibility index (Phi) is 4.99. The molecule has 0 bridgehead atoms. The van der Waals surface area contributed by atoms with E-state index < -0.39 is 17.8 Å². The van der Waals surface area contributed by atoms with Crippen molar-refractivity contribution in [2.24, 2.45) is 17.8 Å². The summed E-state index contributed by atoms with van der Waals surface area (Å²) in [7, 11) is 0. The second kappa shape index (κ2) is 6.74. The minimum atomic E-state index is -0.849. The Balaban J connectivity index is 2.03. The van der Waals surface area contributed by atoms with Crippen LogP contribution in [0.3, 0.4) is 0 Å². The fourth-order valence-electron chi connectivity index (χ4n) is 3.18. The van der Waals surface area contributed by atoms with Gasteiger partial charge in [-0.2, -0.15) is 0 Å². The van der Waals surface area contributed by atoms with E-state index in [0.717, 1.165) is 12.0 Å². The Bertz CT molecular complexity index is 500. The van der Waals surface area contributed by atoms with Crippen LogP contribution in [-0.4, -0.2) is 17.0 Å². The summed E-state index contributed by atoms with van der Waals surface area (Å²) in [5.74, 6) is -1.58. The zero-order chi connectivity index (χ0) is 15.4. The monoisotopic (exact) mass is 289 g/mol. The fourth-order valence-corrected chi connectivity index (χ4v) is 3.18. The molecule has 1 saturated carbocycles. The van der Waals surface area contributed by atoms with Crippen molar-refractivity contribution in [2.45, 2.75) is 39.2 Å². The lowest BCUT2D eigenvalue weighted by Crippen LogP contribution is -2.36. The molecule has 0 aliphatic heterocycles. The Morgan fingerprint density at radius 1 is 1.24 bits per heavy atom. The van der Waals surface area contributed by atoms with Crippen molar-refractivity contribution in [1.29, 1.82) is 0 Å². The van der Waals surface area contributed by atoms with Crippen LogP contribution in [0.25, 0.3) is 0 Å². The van der Waals surface area contributed by atoms with Gasteiger partial charge in [-0.1, -0.05) is 43.7 Å². The van der Waals surface area contributed by atoms with Gasteiger partial charge >= 0.3 is 5.97 Å². The normalized spacial score (nSPS) is 26.3. The molecule has 1 aromatic carbocycles. The number of carbonyl (C=O) groups is 2. The smallest absolute Gasteiger partial charge is 0.307 e. The van der Waals surface area contributed by atoms with Crippen molar-refractivity contribution in [1.82, 2.24) is 5.32 Å². The van der Waals surface area contributed by atoms with E-state index in [9.17, 15) is 14.7 Å². The van der Waals surface area contributed by atoms with Crippen LogP contribution in [0.5, 0.6) is 0 Å². The van der Waals surface area contributed by atoms with E-state index >= 15 is 0 Å². The van der Waals surface area contributed by atoms with Gasteiger partial charge in [-0.3, -0.25) is 9.59 Å². The molecule has 0 heterocycles. The van der Waals surface area contributed by atoms with E-state index in [1.165, 1.54) is 0 Å². The average Bonchev–Trinajstić information content (AvgIpc) is 2.92. The number of carboxylic acids is 1. The molecule has 4 atom stereocenters. The summed E-state index contributed by atoms with van der Waals surface area (Å²) in [4.78, 5) is 23.8. The lowest BCUT2D eigenvalue weighted by Gasteiger charge is -2.20. The van der Waals surface area contributed by atoms with Crippen LogP contribution in [0.2, 0.25) is 0 Å². The Hall–Kier alpha value is -1.84. The number of hydrogen-bond acceptors (Lipinski definition) is 2. The van der Waals surface area contributed by atoms with Crippen LogP contribution in [0.1, 0.15) is 44.7 Å². The molecule has 1 aromatic rings. The molecule has 1 amide bonds. The van der Waals surface area contributed by atoms with Crippen molar-refractivity contribution >= 4 is 11.9 Å². The predicted octanol–water partition coefficient (Wildman–Crippen LogP) is 3.00. The molecule has 1 fully saturated rings. The highest BCUT2D eigenvalue weighted by Crippen LogP contribution is 2.38. The molecule has 0 radical (unpaired) electrons. The largest absolute Gasteiger partial charge is 0.481 e. The molecule has 114 valence electrons. The first-order chi connectivity index (χ1) is 10.0. The number of nitrogens with one attached hydrogen (secondary N) is 1. The number of benzene rings is 1. The van der Waals surface area contributed by atoms with Gasteiger partial charge in [0.25, 0.3) is 0 Å². The third kappa shape index (κ3) is 3.63. The first-order valence-electron chi connectivity index (χ1n) is 7.61. The molecule has 1 aliphatic carbocycles. The lowest BCUT2D eigenvalue weighted by molar-refractivity contribution is -0.146. The maximum absolute atomic E-state index is 12.4. The highest BCUT2D eigenvalue weighted by molar-refractivity contribution is 5.85. The third-order valence-electron chi connectivity index (χ3n) is 4.55. The lowest BCUT2D eigenvalue weighted by atomic mass is 9.94. The number of carboxylic acid groups (broad SMARTS) is 1. The van der Waals surface area contributed by atoms with Crippen molar-refractivity contribution in [2.75, 3.05) is 0 Å². The van der Waals surface area contributed by atoms with E-state index in [1.807, 2.05) is 37.3 Å². The summed E-state index contributed by atoms with van der Waals surface area (Å²) < 4.78 is 0. The number of amides is 1. The summed E-state index contributed by atoms with van der Waals surface area (Å²) in [6.45, 7) is 3.98. The standard InChI is InChI=1S/C17H23NO3/c1-3-12-9-14(15(10-12)17(20)21)16(19)18-11(2)13-7-5-4-6-8-13/h4-8,11-12,14-15H,3,9-10H2,1-2H3,(H,18,19)(H,20,21)/t11-,12?,14+,15-/m1/s1. The van der Waals surface area contributed by atoms with Crippen LogP contribution >= 0.6 is 0 Å². The second-order valence-electron chi connectivity index (χ2n) is 5.94. The zero-order valence-corrected chi connectivity index (χ0v) is 12.6. The topological polar surface area (TPSA) is 66.4 Å². The van der Waals surface area contributed by atoms with E-state index in [-0.39, 0.29) is 11.9 Å². The van der Waals surface area contributed by atoms with E-state index in [0.29, 0.717) is 18.8 Å². The van der Waals surface area contributed by atoms with Crippen LogP contribution in [0.4, 0.5) is 0 Å². The molecule has 1 aliphatic rings. The molecular formula is C17H23NO3. The van der Waals surface area contributed by atoms with E-state index in [4.69, 9.17) is 0 Å². The van der Waals surface area contributed by atoms with Gasteiger partial charge in [-0.05, 0) is 31.2 Å². The highest BCUT2D eigenvalue weighted by atomic mass is 16.4. The number of hydrogen-bond donors (Lipinski definition) is 2. The van der Waals surface area contributed by atoms with Gasteiger partial charge in [0.05, 0.1) is 17.9 Å². The maximum atomic E-state index is 12.4. The molecule has 2 N–H and O–H groups in total. The zero-order valence-electron chi connectivity index (χ0n) is 12.6. The summed E-state index contributed by atoms with van der Waals surface area (Å²) in [5.41, 5.74) is 1.03. The molecular weight excluding hydrogens is 266 g/mol. The van der Waals surface area contributed by atoms with Gasteiger partial charge in [-0.15, -0.1) is 0 Å². The Morgan fingerprint density at radius 3 is 2.43 bits per heavy atom. The SMILES string of the molecule is CCC1C[C@H](C(=O)N[C@H](C)c2ccccc2)[C@H](C(=O)O)C1. The molecule has 1 unspecified atom stereocenters. The third-order valence-corrected chi connectivity index (χ3v) is 4.55. The molecule has 21 heavy (non-hydrogen) atoms. The van der Waals surface area contributed by atoms with E-state index in [2.05, 4.69) is 12.2 Å². The summed E-state index contributed by atoms with van der Waals surface area (Å²) in [6.07, 6.45) is 2.23. The van der Waals surface area contributed by atoms with Gasteiger partial charge in [0.2, 0.25) is 5.91 Å². The van der Waals surface area contributed by atoms with Crippen LogP contribution in [-0.2, 0) is 9.59 Å². The van der Waals surface area contributed by atoms with Crippen molar-refractivity contribution in [3.8, 4) is 0 Å². The number of rotatable bonds is 5. The van der Waals surface area contributed by atoms with Crippen LogP contribution in [0.15, 0.2) is 30.3 Å². The van der Waals surface area contributed by atoms with Gasteiger partial charge in [0, 0.05) is 0 Å². The van der Waals surface area contributed by atoms with Gasteiger partial charge in [0.1, 0.15) is 0 Å². The number of carbonyl (C=O) groups excluding carboxylic acids is 1. The molecule has 0 saturated heterocycles. The van der Waals surface area contributed by atoms with Gasteiger partial charge in [-0.25, -0.2) is 0 Å². The Labute approximate surface area is 125 Å². The molecule has 0 spiro atoms. The summed E-state index contributed by atoms with van der Waals surface area (Å²) in [6, 6.07) is 9.61. The summed E-state index contributed by atoms with van der Waals surface area (Å²) in [5, 5.41) is 12.3. The molecule has 4 nitrogen and oxygen atoms in total. The number of aliphatic carboxylic acids is 1. The molecule has 0 aromatic heterocycles.